The summed E-state index contributed by atoms with van der Waals surface area (Å²) in [6.07, 6.45) is 1.86. The molecule has 0 bridgehead atoms. The molecule has 2 aromatic rings. The quantitative estimate of drug-likeness (QED) is 0.385. The first-order chi connectivity index (χ1) is 13.6. The Morgan fingerprint density at radius 3 is 2.25 bits per heavy atom. The van der Waals surface area contributed by atoms with Gasteiger partial charge in [-0.2, -0.15) is 0 Å². The van der Waals surface area contributed by atoms with E-state index in [1.807, 2.05) is 0 Å². The van der Waals surface area contributed by atoms with Gasteiger partial charge in [0.25, 0.3) is 0 Å². The molecule has 1 aromatic carbocycles. The van der Waals surface area contributed by atoms with Gasteiger partial charge in [-0.3, -0.25) is 0 Å². The first kappa shape index (κ1) is 21.8. The fourth-order valence-electron chi connectivity index (χ4n) is 3.64. The number of carboxylic acid groups (broad SMARTS) is 1. The number of aromatic carboxylic acids is 1. The lowest BCUT2D eigenvalue weighted by Crippen LogP contribution is -2.08. The van der Waals surface area contributed by atoms with Gasteiger partial charge in [-0.15, -0.1) is 13.2 Å². The van der Waals surface area contributed by atoms with E-state index in [2.05, 4.69) is 23.5 Å². The zero-order chi connectivity index (χ0) is 20.8. The van der Waals surface area contributed by atoms with E-state index in [1.54, 1.807) is 19.2 Å². The highest BCUT2D eigenvalue weighted by molar-refractivity contribution is 5.93. The molecule has 0 saturated heterocycles. The number of nitrogens with one attached hydrogen (secondary N) is 2. The minimum absolute atomic E-state index is 0.180. The van der Waals surface area contributed by atoms with Crippen molar-refractivity contribution < 1.29 is 25.2 Å². The molecule has 7 nitrogen and oxygen atoms in total. The van der Waals surface area contributed by atoms with Crippen molar-refractivity contribution in [2.75, 3.05) is 7.05 Å². The highest BCUT2D eigenvalue weighted by atomic mass is 16.4. The highest BCUT2D eigenvalue weighted by Crippen LogP contribution is 2.48. The number of aliphatic hydroxyl groups excluding tert-OH is 3. The Labute approximate surface area is 164 Å². The molecule has 3 rings (SSSR count). The molecule has 6 N–H and O–H groups in total. The largest absolute Gasteiger partial charge is 0.477 e. The van der Waals surface area contributed by atoms with Crippen LogP contribution in [0.4, 0.5) is 0 Å². The molecule has 28 heavy (non-hydrogen) atoms. The summed E-state index contributed by atoms with van der Waals surface area (Å²) in [5, 5.41) is 41.9. The lowest BCUT2D eigenvalue weighted by atomic mass is 9.89. The molecule has 0 spiro atoms. The predicted molar refractivity (Wildman–Crippen MR) is 107 cm³/mol. The second-order valence-electron chi connectivity index (χ2n) is 6.58. The second-order valence-corrected chi connectivity index (χ2v) is 6.58. The van der Waals surface area contributed by atoms with Crippen LogP contribution in [-0.2, 0) is 26.4 Å². The predicted octanol–water partition coefficient (Wildman–Crippen LogP) is 2.26. The Morgan fingerprint density at radius 1 is 1.14 bits per heavy atom. The minimum atomic E-state index is -1.00. The van der Waals surface area contributed by atoms with Gasteiger partial charge in [0.05, 0.1) is 19.8 Å². The van der Waals surface area contributed by atoms with Crippen LogP contribution < -0.4 is 5.32 Å². The molecule has 1 aliphatic carbocycles. The van der Waals surface area contributed by atoms with E-state index in [0.29, 0.717) is 28.8 Å². The average molecular weight is 388 g/mol. The number of rotatable bonds is 8. The smallest absolute Gasteiger partial charge is 0.352 e. The Bertz CT molecular complexity index is 840. The Kier molecular flexibility index (Phi) is 7.53. The molecule has 7 heteroatoms. The lowest BCUT2D eigenvalue weighted by molar-refractivity contribution is 0.0689. The van der Waals surface area contributed by atoms with Crippen LogP contribution in [0.3, 0.4) is 0 Å². The van der Waals surface area contributed by atoms with Gasteiger partial charge in [-0.1, -0.05) is 12.1 Å². The Morgan fingerprint density at radius 2 is 1.79 bits per heavy atom. The summed E-state index contributed by atoms with van der Waals surface area (Å²) in [5.74, 6) is -0.824. The highest BCUT2D eigenvalue weighted by Gasteiger charge is 2.35. The molecule has 0 aliphatic heterocycles. The van der Waals surface area contributed by atoms with E-state index in [0.717, 1.165) is 29.7 Å². The number of benzene rings is 1. The number of hydrogen-bond donors (Lipinski definition) is 6. The summed E-state index contributed by atoms with van der Waals surface area (Å²) in [7, 11) is 1.78. The third-order valence-corrected chi connectivity index (χ3v) is 4.95. The molecule has 0 amide bonds. The van der Waals surface area contributed by atoms with Gasteiger partial charge in [0.15, 0.2) is 0 Å². The molecule has 1 fully saturated rings. The van der Waals surface area contributed by atoms with E-state index < -0.39 is 5.97 Å². The average Bonchev–Trinajstić information content (AvgIpc) is 3.49. The molecule has 1 aliphatic rings. The van der Waals surface area contributed by atoms with E-state index in [1.165, 1.54) is 0 Å². The molecule has 0 radical (unpaired) electrons. The first-order valence-electron chi connectivity index (χ1n) is 9.16. The zero-order valence-electron chi connectivity index (χ0n) is 16.1. The topological polar surface area (TPSA) is 126 Å². The van der Waals surface area contributed by atoms with Gasteiger partial charge in [0.2, 0.25) is 0 Å². The van der Waals surface area contributed by atoms with Crippen molar-refractivity contribution in [3.05, 3.63) is 58.9 Å². The Balaban J connectivity index is 0.00000136. The van der Waals surface area contributed by atoms with Crippen molar-refractivity contribution >= 4 is 5.97 Å². The summed E-state index contributed by atoms with van der Waals surface area (Å²) in [4.78, 5) is 14.8. The van der Waals surface area contributed by atoms with Gasteiger partial charge in [-0.05, 0) is 53.6 Å². The van der Waals surface area contributed by atoms with Crippen molar-refractivity contribution in [1.82, 2.24) is 10.3 Å². The van der Waals surface area contributed by atoms with Crippen LogP contribution in [0.2, 0.25) is 0 Å². The van der Waals surface area contributed by atoms with E-state index in [-0.39, 0.29) is 31.4 Å². The van der Waals surface area contributed by atoms with Crippen molar-refractivity contribution in [3.63, 3.8) is 0 Å². The van der Waals surface area contributed by atoms with Crippen LogP contribution in [0, 0.1) is 0 Å². The standard InChI is InChI=1S/C19H24N2O5.C2H4/c1-20-6-15-17(16(10-2-3-10)18(21-15)19(25)26)12-5-4-11(7-22)13(8-23)14(12)9-24;1-2/h4-5,10,20-24H,2-3,6-9H2,1H3,(H,25,26);1-2H2. The molecule has 152 valence electrons. The maximum Gasteiger partial charge on any atom is 0.352 e. The minimum Gasteiger partial charge on any atom is -0.477 e. The summed E-state index contributed by atoms with van der Waals surface area (Å²) in [6, 6.07) is 3.50. The third-order valence-electron chi connectivity index (χ3n) is 4.95. The molecule has 1 saturated carbocycles. The Hall–Kier alpha value is -2.45. The fraction of sp³-hybridized carbons (Fsp3) is 0.381. The van der Waals surface area contributed by atoms with E-state index >= 15 is 0 Å². The molecular formula is C21H28N2O5. The summed E-state index contributed by atoms with van der Waals surface area (Å²) in [5.41, 5.74) is 4.73. The lowest BCUT2D eigenvalue weighted by Gasteiger charge is -2.17. The van der Waals surface area contributed by atoms with Gasteiger partial charge in [-0.25, -0.2) is 4.79 Å². The number of carboxylic acids is 1. The molecule has 0 unspecified atom stereocenters. The van der Waals surface area contributed by atoms with Crippen molar-refractivity contribution in [2.24, 2.45) is 0 Å². The van der Waals surface area contributed by atoms with Crippen LogP contribution >= 0.6 is 0 Å². The monoisotopic (exact) mass is 388 g/mol. The summed E-state index contributed by atoms with van der Waals surface area (Å²) >= 11 is 0. The van der Waals surface area contributed by atoms with Gasteiger partial charge < -0.3 is 30.7 Å². The number of carbonyl (C=O) groups is 1. The maximum atomic E-state index is 11.8. The summed E-state index contributed by atoms with van der Waals surface area (Å²) < 4.78 is 0. The van der Waals surface area contributed by atoms with Crippen LogP contribution in [0.5, 0.6) is 0 Å². The van der Waals surface area contributed by atoms with Gasteiger partial charge in [0, 0.05) is 17.8 Å². The molecule has 0 atom stereocenters. The first-order valence-corrected chi connectivity index (χ1v) is 9.16. The normalized spacial score (nSPS) is 13.1. The fourth-order valence-corrected chi connectivity index (χ4v) is 3.64. The van der Waals surface area contributed by atoms with Crippen LogP contribution in [0.25, 0.3) is 11.1 Å². The molecule has 1 aromatic heterocycles. The number of aliphatic hydroxyl groups is 3. The SMILES string of the molecule is C=C.CNCc1[nH]c(C(=O)O)c(C2CC2)c1-c1ccc(CO)c(CO)c1CO. The van der Waals surface area contributed by atoms with Crippen LogP contribution in [0.1, 0.15) is 57.2 Å². The van der Waals surface area contributed by atoms with Gasteiger partial charge in [0.1, 0.15) is 5.69 Å². The van der Waals surface area contributed by atoms with Crippen molar-refractivity contribution in [3.8, 4) is 11.1 Å². The number of H-pyrrole nitrogens is 1. The molecule has 1 heterocycles. The number of aromatic nitrogens is 1. The van der Waals surface area contributed by atoms with Gasteiger partial charge >= 0.3 is 5.97 Å². The summed E-state index contributed by atoms with van der Waals surface area (Å²) in [6.45, 7) is 5.59. The number of hydrogen-bond acceptors (Lipinski definition) is 5. The van der Waals surface area contributed by atoms with Crippen LogP contribution in [0.15, 0.2) is 25.3 Å². The zero-order valence-corrected chi connectivity index (χ0v) is 16.1. The maximum absolute atomic E-state index is 11.8. The van der Waals surface area contributed by atoms with Crippen LogP contribution in [-0.4, -0.2) is 38.4 Å². The second kappa shape index (κ2) is 9.66. The van der Waals surface area contributed by atoms with Crippen molar-refractivity contribution in [2.45, 2.75) is 45.1 Å². The molecular weight excluding hydrogens is 360 g/mol. The van der Waals surface area contributed by atoms with E-state index in [4.69, 9.17) is 0 Å². The van der Waals surface area contributed by atoms with Crippen molar-refractivity contribution in [1.29, 1.82) is 0 Å². The third kappa shape index (κ3) is 4.02. The van der Waals surface area contributed by atoms with E-state index in [9.17, 15) is 25.2 Å². The number of aromatic amines is 1.